The molecule has 2 N–H and O–H groups in total. The first-order valence-electron chi connectivity index (χ1n) is 9.42. The Morgan fingerprint density at radius 2 is 1.88 bits per heavy atom. The minimum absolute atomic E-state index is 0.0498. The van der Waals surface area contributed by atoms with Gasteiger partial charge in [-0.3, -0.25) is 19.2 Å². The van der Waals surface area contributed by atoms with Crippen molar-refractivity contribution in [1.29, 1.82) is 0 Å². The summed E-state index contributed by atoms with van der Waals surface area (Å²) < 4.78 is 24.5. The van der Waals surface area contributed by atoms with Crippen molar-refractivity contribution in [2.24, 2.45) is 0 Å². The number of rotatable bonds is 9. The molecule has 10 nitrogen and oxygen atoms in total. The highest BCUT2D eigenvalue weighted by Gasteiger charge is 2.14. The van der Waals surface area contributed by atoms with Crippen LogP contribution in [0.3, 0.4) is 0 Å². The number of nitro benzene ring substituents is 1. The molecule has 0 atom stereocenters. The van der Waals surface area contributed by atoms with Gasteiger partial charge in [0.25, 0.3) is 5.69 Å². The zero-order valence-electron chi connectivity index (χ0n) is 17.3. The minimum atomic E-state index is -3.34. The highest BCUT2D eigenvalue weighted by molar-refractivity contribution is 7.92. The first-order valence-corrected chi connectivity index (χ1v) is 12.1. The van der Waals surface area contributed by atoms with Crippen LogP contribution in [0.4, 0.5) is 22.2 Å². The van der Waals surface area contributed by atoms with E-state index in [4.69, 9.17) is 0 Å². The quantitative estimate of drug-likeness (QED) is 0.357. The first-order chi connectivity index (χ1) is 15.1. The highest BCUT2D eigenvalue weighted by atomic mass is 32.2. The number of nitro groups is 1. The molecule has 3 aromatic rings. The fourth-order valence-corrected chi connectivity index (χ4v) is 4.01. The van der Waals surface area contributed by atoms with E-state index in [1.165, 1.54) is 28.8 Å². The van der Waals surface area contributed by atoms with Crippen LogP contribution in [0.25, 0.3) is 11.3 Å². The predicted octanol–water partition coefficient (Wildman–Crippen LogP) is 3.55. The number of sulfonamides is 1. The summed E-state index contributed by atoms with van der Waals surface area (Å²) >= 11 is 1.26. The monoisotopic (exact) mass is 475 g/mol. The molecule has 0 radical (unpaired) electrons. The minimum Gasteiger partial charge on any atom is -0.379 e. The summed E-state index contributed by atoms with van der Waals surface area (Å²) in [6.45, 7) is 0.226. The standard InChI is InChI=1S/C20H21N5O5S2/c1-24(32(2,29)30)15-9-7-14(8-10-15)17-13-31-20(22-17)23-19(26)11-12-21-16-5-3-4-6-18(16)25(27)28/h3-10,13,21H,11-12H2,1-2H3,(H,22,23,26). The van der Waals surface area contributed by atoms with Crippen LogP contribution in [-0.4, -0.2) is 44.1 Å². The summed E-state index contributed by atoms with van der Waals surface area (Å²) in [7, 11) is -1.86. The number of carbonyl (C=O) groups is 1. The van der Waals surface area contributed by atoms with E-state index in [1.807, 2.05) is 0 Å². The molecule has 1 aromatic heterocycles. The lowest BCUT2D eigenvalue weighted by atomic mass is 10.1. The van der Waals surface area contributed by atoms with Crippen LogP contribution in [0.1, 0.15) is 6.42 Å². The molecule has 0 saturated heterocycles. The molecule has 0 aliphatic carbocycles. The number of nitrogens with one attached hydrogen (secondary N) is 2. The van der Waals surface area contributed by atoms with E-state index in [9.17, 15) is 23.3 Å². The first kappa shape index (κ1) is 23.2. The van der Waals surface area contributed by atoms with E-state index in [1.54, 1.807) is 47.8 Å². The summed E-state index contributed by atoms with van der Waals surface area (Å²) in [5, 5.41) is 18.9. The van der Waals surface area contributed by atoms with Gasteiger partial charge >= 0.3 is 0 Å². The fraction of sp³-hybridized carbons (Fsp3) is 0.200. The largest absolute Gasteiger partial charge is 0.379 e. The maximum atomic E-state index is 12.2. The molecule has 12 heteroatoms. The van der Waals surface area contributed by atoms with Gasteiger partial charge in [-0.15, -0.1) is 11.3 Å². The molecular formula is C20H21N5O5S2. The number of nitrogens with zero attached hydrogens (tertiary/aromatic N) is 3. The van der Waals surface area contributed by atoms with Crippen LogP contribution in [0, 0.1) is 10.1 Å². The van der Waals surface area contributed by atoms with Crippen LogP contribution in [0.5, 0.6) is 0 Å². The summed E-state index contributed by atoms with van der Waals surface area (Å²) in [5.74, 6) is -0.276. The fourth-order valence-electron chi connectivity index (χ4n) is 2.77. The SMILES string of the molecule is CN(c1ccc(-c2csc(NC(=O)CCNc3ccccc3[N+](=O)[O-])n2)cc1)S(C)(=O)=O. The smallest absolute Gasteiger partial charge is 0.292 e. The van der Waals surface area contributed by atoms with Crippen molar-refractivity contribution >= 4 is 49.5 Å². The number of carbonyl (C=O) groups excluding carboxylic acids is 1. The lowest BCUT2D eigenvalue weighted by molar-refractivity contribution is -0.384. The van der Waals surface area contributed by atoms with E-state index in [2.05, 4.69) is 15.6 Å². The van der Waals surface area contributed by atoms with Crippen molar-refractivity contribution in [3.63, 3.8) is 0 Å². The molecule has 32 heavy (non-hydrogen) atoms. The number of para-hydroxylation sites is 2. The Morgan fingerprint density at radius 3 is 2.53 bits per heavy atom. The Hall–Kier alpha value is -3.51. The predicted molar refractivity (Wildman–Crippen MR) is 126 cm³/mol. The summed E-state index contributed by atoms with van der Waals surface area (Å²) in [5.41, 5.74) is 2.27. The van der Waals surface area contributed by atoms with Crippen molar-refractivity contribution in [2.45, 2.75) is 6.42 Å². The third-order valence-electron chi connectivity index (χ3n) is 4.54. The summed E-state index contributed by atoms with van der Waals surface area (Å²) in [4.78, 5) is 27.1. The molecule has 2 aromatic carbocycles. The van der Waals surface area contributed by atoms with Crippen LogP contribution in [0.15, 0.2) is 53.9 Å². The zero-order chi connectivity index (χ0) is 23.3. The number of thiazole rings is 1. The lowest BCUT2D eigenvalue weighted by Crippen LogP contribution is -2.24. The van der Waals surface area contributed by atoms with Crippen molar-refractivity contribution in [3.05, 3.63) is 64.0 Å². The van der Waals surface area contributed by atoms with Crippen molar-refractivity contribution < 1.29 is 18.1 Å². The van der Waals surface area contributed by atoms with Crippen LogP contribution in [-0.2, 0) is 14.8 Å². The van der Waals surface area contributed by atoms with Gasteiger partial charge in [0.2, 0.25) is 15.9 Å². The van der Waals surface area contributed by atoms with Gasteiger partial charge in [0.1, 0.15) is 5.69 Å². The maximum absolute atomic E-state index is 12.2. The van der Waals surface area contributed by atoms with Gasteiger partial charge in [0, 0.05) is 37.0 Å². The molecule has 0 fully saturated rings. The van der Waals surface area contributed by atoms with Gasteiger partial charge in [-0.05, 0) is 18.2 Å². The van der Waals surface area contributed by atoms with Crippen molar-refractivity contribution in [2.75, 3.05) is 34.8 Å². The second-order valence-corrected chi connectivity index (χ2v) is 9.69. The number of hydrogen-bond acceptors (Lipinski definition) is 8. The maximum Gasteiger partial charge on any atom is 0.292 e. The summed E-state index contributed by atoms with van der Waals surface area (Å²) in [6.07, 6.45) is 1.24. The Balaban J connectivity index is 1.56. The van der Waals surface area contributed by atoms with Crippen molar-refractivity contribution in [1.82, 2.24) is 4.98 Å². The van der Waals surface area contributed by atoms with Gasteiger partial charge in [0.05, 0.1) is 22.6 Å². The number of amides is 1. The Kier molecular flexibility index (Phi) is 7.05. The lowest BCUT2D eigenvalue weighted by Gasteiger charge is -2.16. The number of anilines is 3. The normalized spacial score (nSPS) is 11.1. The van der Waals surface area contributed by atoms with E-state index in [-0.39, 0.29) is 24.6 Å². The van der Waals surface area contributed by atoms with Crippen LogP contribution < -0.4 is 14.9 Å². The number of aromatic nitrogens is 1. The molecular weight excluding hydrogens is 454 g/mol. The molecule has 1 amide bonds. The molecule has 3 rings (SSSR count). The molecule has 0 spiro atoms. The summed E-state index contributed by atoms with van der Waals surface area (Å²) in [6, 6.07) is 13.1. The number of hydrogen-bond donors (Lipinski definition) is 2. The molecule has 168 valence electrons. The second kappa shape index (κ2) is 9.75. The number of benzene rings is 2. The molecule has 1 heterocycles. The van der Waals surface area contributed by atoms with Gasteiger partial charge in [-0.1, -0.05) is 24.3 Å². The van der Waals surface area contributed by atoms with Gasteiger partial charge in [-0.2, -0.15) is 0 Å². The highest BCUT2D eigenvalue weighted by Crippen LogP contribution is 2.27. The van der Waals surface area contributed by atoms with Crippen LogP contribution in [0.2, 0.25) is 0 Å². The van der Waals surface area contributed by atoms with Crippen molar-refractivity contribution in [3.8, 4) is 11.3 Å². The average molecular weight is 476 g/mol. The third kappa shape index (κ3) is 5.80. The molecule has 0 aliphatic rings. The Bertz CT molecular complexity index is 1230. The van der Waals surface area contributed by atoms with E-state index in [0.29, 0.717) is 22.2 Å². The third-order valence-corrected chi connectivity index (χ3v) is 6.51. The Labute approximate surface area is 189 Å². The molecule has 0 bridgehead atoms. The molecule has 0 saturated carbocycles. The Morgan fingerprint density at radius 1 is 1.19 bits per heavy atom. The molecule has 0 unspecified atom stereocenters. The van der Waals surface area contributed by atoms with E-state index >= 15 is 0 Å². The van der Waals surface area contributed by atoms with E-state index in [0.717, 1.165) is 11.8 Å². The zero-order valence-corrected chi connectivity index (χ0v) is 18.9. The van der Waals surface area contributed by atoms with Crippen LogP contribution >= 0.6 is 11.3 Å². The van der Waals surface area contributed by atoms with Gasteiger partial charge in [0.15, 0.2) is 5.13 Å². The second-order valence-electron chi connectivity index (χ2n) is 6.81. The molecule has 0 aliphatic heterocycles. The topological polar surface area (TPSA) is 135 Å². The van der Waals surface area contributed by atoms with Gasteiger partial charge < -0.3 is 10.6 Å². The average Bonchev–Trinajstić information content (AvgIpc) is 3.21. The van der Waals surface area contributed by atoms with E-state index < -0.39 is 14.9 Å². The van der Waals surface area contributed by atoms with Gasteiger partial charge in [-0.25, -0.2) is 13.4 Å².